The summed E-state index contributed by atoms with van der Waals surface area (Å²) in [4.78, 5) is 14.4. The van der Waals surface area contributed by atoms with Gasteiger partial charge in [0.15, 0.2) is 17.0 Å². The molecule has 4 rings (SSSR count). The van der Waals surface area contributed by atoms with Crippen molar-refractivity contribution in [2.24, 2.45) is 5.73 Å². The summed E-state index contributed by atoms with van der Waals surface area (Å²) in [5.41, 5.74) is 7.93. The smallest absolute Gasteiger partial charge is 0.227 e. The molecular weight excluding hydrogens is 421 g/mol. The summed E-state index contributed by atoms with van der Waals surface area (Å²) in [5.74, 6) is 1.60. The SMILES string of the molecule is CCCCCNc1nc(NC2CCC(N)CC2)nc2c1ncn2C1CCCC1.Cl.Cl. The van der Waals surface area contributed by atoms with Crippen LogP contribution in [0.1, 0.15) is 83.6 Å². The van der Waals surface area contributed by atoms with Crippen LogP contribution in [0.15, 0.2) is 6.33 Å². The number of hydrogen-bond donors (Lipinski definition) is 3. The maximum atomic E-state index is 6.06. The number of aromatic nitrogens is 4. The zero-order chi connectivity index (χ0) is 19.3. The van der Waals surface area contributed by atoms with Crippen LogP contribution in [-0.2, 0) is 0 Å². The van der Waals surface area contributed by atoms with Gasteiger partial charge in [-0.25, -0.2) is 4.98 Å². The molecule has 170 valence electrons. The molecule has 2 heterocycles. The molecule has 2 aromatic rings. The minimum Gasteiger partial charge on any atom is -0.368 e. The van der Waals surface area contributed by atoms with Crippen LogP contribution in [0.3, 0.4) is 0 Å². The van der Waals surface area contributed by atoms with Gasteiger partial charge < -0.3 is 20.9 Å². The third-order valence-corrected chi connectivity index (χ3v) is 6.32. The monoisotopic (exact) mass is 457 g/mol. The van der Waals surface area contributed by atoms with E-state index in [-0.39, 0.29) is 24.8 Å². The first-order valence-corrected chi connectivity index (χ1v) is 11.2. The number of anilines is 2. The topological polar surface area (TPSA) is 93.7 Å². The van der Waals surface area contributed by atoms with Crippen LogP contribution in [0.2, 0.25) is 0 Å². The molecule has 2 aliphatic carbocycles. The highest BCUT2D eigenvalue weighted by atomic mass is 35.5. The van der Waals surface area contributed by atoms with Crippen LogP contribution >= 0.6 is 24.8 Å². The third-order valence-electron chi connectivity index (χ3n) is 6.32. The Hall–Kier alpha value is -1.31. The van der Waals surface area contributed by atoms with Gasteiger partial charge in [0.05, 0.1) is 6.33 Å². The van der Waals surface area contributed by atoms with E-state index in [0.717, 1.165) is 61.6 Å². The van der Waals surface area contributed by atoms with Crippen molar-refractivity contribution in [2.75, 3.05) is 17.2 Å². The van der Waals surface area contributed by atoms with Gasteiger partial charge >= 0.3 is 0 Å². The van der Waals surface area contributed by atoms with Crippen molar-refractivity contribution in [3.8, 4) is 0 Å². The molecule has 0 bridgehead atoms. The second-order valence-electron chi connectivity index (χ2n) is 8.55. The van der Waals surface area contributed by atoms with Gasteiger partial charge in [-0.1, -0.05) is 32.6 Å². The van der Waals surface area contributed by atoms with Crippen LogP contribution in [-0.4, -0.2) is 38.1 Å². The second kappa shape index (κ2) is 11.9. The summed E-state index contributed by atoms with van der Waals surface area (Å²) in [5, 5.41) is 7.11. The molecule has 0 radical (unpaired) electrons. The van der Waals surface area contributed by atoms with Crippen molar-refractivity contribution in [3.63, 3.8) is 0 Å². The van der Waals surface area contributed by atoms with Gasteiger partial charge in [0.2, 0.25) is 5.95 Å². The van der Waals surface area contributed by atoms with Crippen LogP contribution < -0.4 is 16.4 Å². The van der Waals surface area contributed by atoms with Crippen molar-refractivity contribution < 1.29 is 0 Å². The maximum absolute atomic E-state index is 6.06. The summed E-state index contributed by atoms with van der Waals surface area (Å²) >= 11 is 0. The first-order valence-electron chi connectivity index (χ1n) is 11.2. The summed E-state index contributed by atoms with van der Waals surface area (Å²) in [6.07, 6.45) is 14.9. The van der Waals surface area contributed by atoms with Gasteiger partial charge in [-0.05, 0) is 44.9 Å². The van der Waals surface area contributed by atoms with Crippen molar-refractivity contribution >= 4 is 47.7 Å². The van der Waals surface area contributed by atoms with Crippen LogP contribution in [0, 0.1) is 0 Å². The Morgan fingerprint density at radius 3 is 2.47 bits per heavy atom. The largest absolute Gasteiger partial charge is 0.368 e. The highest BCUT2D eigenvalue weighted by Gasteiger charge is 2.23. The van der Waals surface area contributed by atoms with Gasteiger partial charge in [0.1, 0.15) is 0 Å². The first kappa shape index (κ1) is 25.0. The Bertz CT molecular complexity index is 768. The Kier molecular flexibility index (Phi) is 9.91. The first-order chi connectivity index (χ1) is 13.7. The summed E-state index contributed by atoms with van der Waals surface area (Å²) in [6.45, 7) is 3.15. The van der Waals surface area contributed by atoms with Crippen molar-refractivity contribution in [3.05, 3.63) is 6.33 Å². The molecule has 0 unspecified atom stereocenters. The lowest BCUT2D eigenvalue weighted by molar-refractivity contribution is 0.410. The van der Waals surface area contributed by atoms with E-state index in [0.29, 0.717) is 18.1 Å². The lowest BCUT2D eigenvalue weighted by atomic mass is 9.92. The number of nitrogens with one attached hydrogen (secondary N) is 2. The average Bonchev–Trinajstić information content (AvgIpc) is 3.36. The van der Waals surface area contributed by atoms with E-state index in [1.165, 1.54) is 38.5 Å². The molecule has 2 saturated carbocycles. The van der Waals surface area contributed by atoms with Crippen LogP contribution in [0.4, 0.5) is 11.8 Å². The van der Waals surface area contributed by atoms with E-state index in [1.54, 1.807) is 0 Å². The predicted octanol–water partition coefficient (Wildman–Crippen LogP) is 5.07. The van der Waals surface area contributed by atoms with E-state index >= 15 is 0 Å². The minimum absolute atomic E-state index is 0. The second-order valence-corrected chi connectivity index (χ2v) is 8.55. The number of rotatable bonds is 8. The fraction of sp³-hybridized carbons (Fsp3) is 0.762. The highest BCUT2D eigenvalue weighted by molar-refractivity contribution is 5.86. The van der Waals surface area contributed by atoms with E-state index < -0.39 is 0 Å². The molecule has 4 N–H and O–H groups in total. The van der Waals surface area contributed by atoms with Gasteiger partial charge in [0.25, 0.3) is 0 Å². The zero-order valence-corrected chi connectivity index (χ0v) is 19.6. The summed E-state index contributed by atoms with van der Waals surface area (Å²) in [6, 6.07) is 1.28. The van der Waals surface area contributed by atoms with Crippen molar-refractivity contribution in [1.29, 1.82) is 0 Å². The molecule has 30 heavy (non-hydrogen) atoms. The molecule has 0 atom stereocenters. The Morgan fingerprint density at radius 2 is 1.77 bits per heavy atom. The van der Waals surface area contributed by atoms with Gasteiger partial charge in [-0.2, -0.15) is 9.97 Å². The number of imidazole rings is 1. The zero-order valence-electron chi connectivity index (χ0n) is 18.0. The van der Waals surface area contributed by atoms with Crippen molar-refractivity contribution in [1.82, 2.24) is 19.5 Å². The molecule has 0 amide bonds. The molecule has 2 fully saturated rings. The molecule has 0 spiro atoms. The Labute approximate surface area is 192 Å². The number of fused-ring (bicyclic) bond motifs is 1. The molecule has 9 heteroatoms. The summed E-state index contributed by atoms with van der Waals surface area (Å²) < 4.78 is 2.28. The maximum Gasteiger partial charge on any atom is 0.227 e. The molecule has 7 nitrogen and oxygen atoms in total. The van der Waals surface area contributed by atoms with Crippen LogP contribution in [0.25, 0.3) is 11.2 Å². The van der Waals surface area contributed by atoms with E-state index in [1.807, 2.05) is 6.33 Å². The van der Waals surface area contributed by atoms with Crippen LogP contribution in [0.5, 0.6) is 0 Å². The number of unbranched alkanes of at least 4 members (excludes halogenated alkanes) is 2. The minimum atomic E-state index is 0. The number of hydrogen-bond acceptors (Lipinski definition) is 6. The fourth-order valence-corrected chi connectivity index (χ4v) is 4.58. The van der Waals surface area contributed by atoms with Crippen molar-refractivity contribution in [2.45, 2.75) is 95.7 Å². The molecule has 0 aromatic carbocycles. The predicted molar refractivity (Wildman–Crippen MR) is 129 cm³/mol. The molecular formula is C21H37Cl2N7. The lowest BCUT2D eigenvalue weighted by Gasteiger charge is -2.27. The Balaban J connectivity index is 0.00000160. The lowest BCUT2D eigenvalue weighted by Crippen LogP contribution is -2.33. The quantitative estimate of drug-likeness (QED) is 0.479. The van der Waals surface area contributed by atoms with Gasteiger partial charge in [0, 0.05) is 24.7 Å². The normalized spacial score (nSPS) is 21.8. The van der Waals surface area contributed by atoms with E-state index in [4.69, 9.17) is 20.7 Å². The van der Waals surface area contributed by atoms with Gasteiger partial charge in [-0.15, -0.1) is 24.8 Å². The molecule has 2 aliphatic rings. The Morgan fingerprint density at radius 1 is 1.03 bits per heavy atom. The fourth-order valence-electron chi connectivity index (χ4n) is 4.58. The number of nitrogens with zero attached hydrogens (tertiary/aromatic N) is 4. The highest BCUT2D eigenvalue weighted by Crippen LogP contribution is 2.33. The van der Waals surface area contributed by atoms with Gasteiger partial charge in [-0.3, -0.25) is 0 Å². The molecule has 2 aromatic heterocycles. The molecule has 0 saturated heterocycles. The summed E-state index contributed by atoms with van der Waals surface area (Å²) in [7, 11) is 0. The third kappa shape index (κ3) is 5.89. The van der Waals surface area contributed by atoms with E-state index in [9.17, 15) is 0 Å². The molecule has 0 aliphatic heterocycles. The number of nitrogens with two attached hydrogens (primary N) is 1. The standard InChI is InChI=1S/C21H35N7.2ClH/c1-2-3-6-13-23-19-18-20(28(14-24-18)17-7-4-5-8-17)27-21(26-19)25-16-11-9-15(22)10-12-16;;/h14-17H,2-13,22H2,1H3,(H2,23,25,26,27);2*1H. The van der Waals surface area contributed by atoms with E-state index in [2.05, 4.69) is 22.1 Å². The number of halogens is 2. The average molecular weight is 458 g/mol.